The summed E-state index contributed by atoms with van der Waals surface area (Å²) in [6.45, 7) is 0.0388. The minimum Gasteiger partial charge on any atom is -0.507 e. The van der Waals surface area contributed by atoms with Crippen molar-refractivity contribution in [2.45, 2.75) is 12.6 Å². The van der Waals surface area contributed by atoms with Gasteiger partial charge in [0.2, 0.25) is 0 Å². The SMILES string of the molecule is COc1cc(OC)c(/C(O)=C2\C(=O)C(=O)N(Cc3ccccn3)C2c2cccc(Oc3ccccc3)c2)cc1Cl. The second-order valence-corrected chi connectivity index (χ2v) is 9.33. The zero-order valence-electron chi connectivity index (χ0n) is 21.7. The van der Waals surface area contributed by atoms with Crippen LogP contribution in [0.25, 0.3) is 5.76 Å². The van der Waals surface area contributed by atoms with E-state index in [1.807, 2.05) is 30.3 Å². The predicted molar refractivity (Wildman–Crippen MR) is 150 cm³/mol. The van der Waals surface area contributed by atoms with Crippen molar-refractivity contribution in [2.24, 2.45) is 0 Å². The van der Waals surface area contributed by atoms with Crippen molar-refractivity contribution in [1.82, 2.24) is 9.88 Å². The molecule has 0 radical (unpaired) electrons. The highest BCUT2D eigenvalue weighted by Crippen LogP contribution is 2.44. The number of ether oxygens (including phenoxy) is 3. The van der Waals surface area contributed by atoms with Crippen molar-refractivity contribution in [3.63, 3.8) is 0 Å². The topological polar surface area (TPSA) is 98.2 Å². The number of aromatic nitrogens is 1. The molecule has 1 aromatic heterocycles. The average molecular weight is 557 g/mol. The Morgan fingerprint density at radius 2 is 1.62 bits per heavy atom. The molecule has 0 saturated carbocycles. The van der Waals surface area contributed by atoms with Gasteiger partial charge in [0.15, 0.2) is 0 Å². The minimum atomic E-state index is -0.952. The summed E-state index contributed by atoms with van der Waals surface area (Å²) in [5.41, 5.74) is 1.17. The number of carbonyl (C=O) groups excluding carboxylic acids is 2. The Bertz CT molecular complexity index is 1590. The standard InChI is InChI=1S/C31H25ClN2O6/c1-38-25-17-26(39-2)24(32)16-23(25)29(35)27-28(34(31(37)30(27)36)18-20-10-6-7-14-33-20)19-9-8-13-22(15-19)40-21-11-4-3-5-12-21/h3-17,28,35H,18H2,1-2H3/b29-27+. The molecule has 202 valence electrons. The average Bonchev–Trinajstić information content (AvgIpc) is 3.23. The van der Waals surface area contributed by atoms with E-state index in [2.05, 4.69) is 4.98 Å². The molecule has 1 aliphatic rings. The fourth-order valence-electron chi connectivity index (χ4n) is 4.62. The van der Waals surface area contributed by atoms with E-state index < -0.39 is 23.5 Å². The molecular weight excluding hydrogens is 532 g/mol. The normalized spacial score (nSPS) is 16.2. The largest absolute Gasteiger partial charge is 0.507 e. The summed E-state index contributed by atoms with van der Waals surface area (Å²) in [6, 6.07) is 23.6. The summed E-state index contributed by atoms with van der Waals surface area (Å²) in [6.07, 6.45) is 1.61. The zero-order valence-corrected chi connectivity index (χ0v) is 22.5. The molecular formula is C31H25ClN2O6. The summed E-state index contributed by atoms with van der Waals surface area (Å²) in [4.78, 5) is 32.7. The van der Waals surface area contributed by atoms with E-state index in [1.54, 1.807) is 48.7 Å². The van der Waals surface area contributed by atoms with Crippen molar-refractivity contribution in [3.8, 4) is 23.0 Å². The van der Waals surface area contributed by atoms with E-state index in [-0.39, 0.29) is 28.5 Å². The lowest BCUT2D eigenvalue weighted by molar-refractivity contribution is -0.140. The van der Waals surface area contributed by atoms with Crippen LogP contribution in [0, 0.1) is 0 Å². The van der Waals surface area contributed by atoms with Crippen LogP contribution in [-0.2, 0) is 16.1 Å². The molecule has 2 heterocycles. The number of benzene rings is 3. The number of nitrogens with zero attached hydrogens (tertiary/aromatic N) is 2. The molecule has 3 aromatic carbocycles. The maximum Gasteiger partial charge on any atom is 0.296 e. The highest BCUT2D eigenvalue weighted by atomic mass is 35.5. The molecule has 0 spiro atoms. The third-order valence-electron chi connectivity index (χ3n) is 6.48. The number of carbonyl (C=O) groups is 2. The Balaban J connectivity index is 1.66. The van der Waals surface area contributed by atoms with E-state index >= 15 is 0 Å². The Morgan fingerprint density at radius 3 is 2.33 bits per heavy atom. The van der Waals surface area contributed by atoms with Crippen LogP contribution in [0.1, 0.15) is 22.9 Å². The Morgan fingerprint density at radius 1 is 0.900 bits per heavy atom. The third-order valence-corrected chi connectivity index (χ3v) is 6.78. The lowest BCUT2D eigenvalue weighted by atomic mass is 9.94. The van der Waals surface area contributed by atoms with Crippen molar-refractivity contribution in [1.29, 1.82) is 0 Å². The van der Waals surface area contributed by atoms with E-state index in [4.69, 9.17) is 25.8 Å². The first-order chi connectivity index (χ1) is 19.4. The Labute approximate surface area is 236 Å². The highest BCUT2D eigenvalue weighted by Gasteiger charge is 2.46. The second-order valence-electron chi connectivity index (χ2n) is 8.92. The molecule has 0 aliphatic carbocycles. The lowest BCUT2D eigenvalue weighted by Gasteiger charge is -2.25. The molecule has 1 N–H and O–H groups in total. The molecule has 1 atom stereocenters. The van der Waals surface area contributed by atoms with Crippen LogP contribution in [0.4, 0.5) is 0 Å². The summed E-state index contributed by atoms with van der Waals surface area (Å²) >= 11 is 6.36. The minimum absolute atomic E-state index is 0.0388. The summed E-state index contributed by atoms with van der Waals surface area (Å²) < 4.78 is 16.7. The van der Waals surface area contributed by atoms with Gasteiger partial charge in [-0.3, -0.25) is 14.6 Å². The quantitative estimate of drug-likeness (QED) is 0.157. The number of amides is 1. The number of likely N-dealkylation sites (tertiary alicyclic amines) is 1. The number of rotatable bonds is 8. The number of para-hydroxylation sites is 1. The molecule has 4 aromatic rings. The van der Waals surface area contributed by atoms with E-state index in [9.17, 15) is 14.7 Å². The van der Waals surface area contributed by atoms with Crippen LogP contribution in [0.15, 0.2) is 96.7 Å². The molecule has 1 aliphatic heterocycles. The van der Waals surface area contributed by atoms with Gasteiger partial charge in [-0.15, -0.1) is 0 Å². The molecule has 1 saturated heterocycles. The van der Waals surface area contributed by atoms with Gasteiger partial charge in [-0.05, 0) is 48.0 Å². The van der Waals surface area contributed by atoms with Crippen LogP contribution in [0.3, 0.4) is 0 Å². The molecule has 0 bridgehead atoms. The van der Waals surface area contributed by atoms with E-state index in [1.165, 1.54) is 31.3 Å². The maximum absolute atomic E-state index is 13.5. The number of aliphatic hydroxyl groups is 1. The first-order valence-corrected chi connectivity index (χ1v) is 12.7. The number of Topliss-reactive ketones (excluding diaryl/α,β-unsaturated/α-hetero) is 1. The van der Waals surface area contributed by atoms with Gasteiger partial charge in [-0.2, -0.15) is 0 Å². The van der Waals surface area contributed by atoms with Crippen LogP contribution < -0.4 is 14.2 Å². The van der Waals surface area contributed by atoms with Crippen molar-refractivity contribution in [3.05, 3.63) is 119 Å². The number of halogens is 1. The van der Waals surface area contributed by atoms with Gasteiger partial charge in [0.05, 0.1) is 48.7 Å². The maximum atomic E-state index is 13.5. The van der Waals surface area contributed by atoms with E-state index in [0.29, 0.717) is 28.5 Å². The molecule has 1 unspecified atom stereocenters. The summed E-state index contributed by atoms with van der Waals surface area (Å²) in [7, 11) is 2.87. The highest BCUT2D eigenvalue weighted by molar-refractivity contribution is 6.46. The number of methoxy groups -OCH3 is 2. The fraction of sp³-hybridized carbons (Fsp3) is 0.129. The van der Waals surface area contributed by atoms with Gasteiger partial charge >= 0.3 is 0 Å². The van der Waals surface area contributed by atoms with Crippen LogP contribution >= 0.6 is 11.6 Å². The van der Waals surface area contributed by atoms with Gasteiger partial charge in [-0.1, -0.05) is 48.0 Å². The zero-order chi connectivity index (χ0) is 28.2. The number of hydrogen-bond donors (Lipinski definition) is 1. The van der Waals surface area contributed by atoms with Crippen molar-refractivity contribution in [2.75, 3.05) is 14.2 Å². The van der Waals surface area contributed by atoms with Crippen LogP contribution in [-0.4, -0.2) is 40.9 Å². The Kier molecular flexibility index (Phi) is 7.70. The predicted octanol–water partition coefficient (Wildman–Crippen LogP) is 6.17. The smallest absolute Gasteiger partial charge is 0.296 e. The first kappa shape index (κ1) is 26.8. The van der Waals surface area contributed by atoms with Gasteiger partial charge in [0, 0.05) is 12.3 Å². The molecule has 9 heteroatoms. The lowest BCUT2D eigenvalue weighted by Crippen LogP contribution is -2.29. The molecule has 1 amide bonds. The van der Waals surface area contributed by atoms with Crippen molar-refractivity contribution >= 4 is 29.1 Å². The summed E-state index contributed by atoms with van der Waals surface area (Å²) in [5, 5.41) is 11.8. The van der Waals surface area contributed by atoms with Gasteiger partial charge in [-0.25, -0.2) is 0 Å². The van der Waals surface area contributed by atoms with Gasteiger partial charge < -0.3 is 24.2 Å². The number of aliphatic hydroxyl groups excluding tert-OH is 1. The van der Waals surface area contributed by atoms with Gasteiger partial charge in [0.1, 0.15) is 28.8 Å². The number of ketones is 1. The van der Waals surface area contributed by atoms with Crippen molar-refractivity contribution < 1.29 is 28.9 Å². The third kappa shape index (κ3) is 5.21. The molecule has 1 fully saturated rings. The van der Waals surface area contributed by atoms with Gasteiger partial charge in [0.25, 0.3) is 11.7 Å². The van der Waals surface area contributed by atoms with Crippen LogP contribution in [0.5, 0.6) is 23.0 Å². The Hall–Kier alpha value is -4.82. The van der Waals surface area contributed by atoms with E-state index in [0.717, 1.165) is 0 Å². The molecule has 8 nitrogen and oxygen atoms in total. The second kappa shape index (κ2) is 11.5. The van der Waals surface area contributed by atoms with Crippen LogP contribution in [0.2, 0.25) is 5.02 Å². The number of hydrogen-bond acceptors (Lipinski definition) is 7. The monoisotopic (exact) mass is 556 g/mol. The number of pyridine rings is 1. The fourth-order valence-corrected chi connectivity index (χ4v) is 4.86. The first-order valence-electron chi connectivity index (χ1n) is 12.3. The molecule has 40 heavy (non-hydrogen) atoms. The molecule has 5 rings (SSSR count). The summed E-state index contributed by atoms with van der Waals surface area (Å²) in [5.74, 6) is -0.380.